The topological polar surface area (TPSA) is 80.0 Å². The average Bonchev–Trinajstić information content (AvgIpc) is 2.66. The molecule has 1 atom stereocenters. The van der Waals surface area contributed by atoms with Crippen molar-refractivity contribution in [2.75, 3.05) is 18.2 Å². The number of nitrogens with two attached hydrogens (primary N) is 1. The molecule has 0 bridgehead atoms. The lowest BCUT2D eigenvalue weighted by atomic mass is 10.1. The van der Waals surface area contributed by atoms with Crippen LogP contribution in [0.1, 0.15) is 46.0 Å². The molecule has 142 valence electrons. The van der Waals surface area contributed by atoms with Crippen LogP contribution < -0.4 is 16.1 Å². The van der Waals surface area contributed by atoms with Crippen LogP contribution in [0, 0.1) is 5.92 Å². The summed E-state index contributed by atoms with van der Waals surface area (Å²) in [6.07, 6.45) is 6.91. The van der Waals surface area contributed by atoms with Crippen molar-refractivity contribution >= 4 is 17.4 Å². The first-order valence-electron chi connectivity index (χ1n) is 9.48. The summed E-state index contributed by atoms with van der Waals surface area (Å²) in [5, 5.41) is 9.03. The summed E-state index contributed by atoms with van der Waals surface area (Å²) in [5.41, 5.74) is 6.95. The number of hydrazone groups is 1. The fraction of sp³-hybridized carbons (Fsp3) is 0.500. The van der Waals surface area contributed by atoms with E-state index in [-0.39, 0.29) is 11.7 Å². The van der Waals surface area contributed by atoms with E-state index >= 15 is 0 Å². The summed E-state index contributed by atoms with van der Waals surface area (Å²) in [6, 6.07) is 9.65. The summed E-state index contributed by atoms with van der Waals surface area (Å²) < 4.78 is 5.91. The van der Waals surface area contributed by atoms with E-state index in [9.17, 15) is 4.79 Å². The molecule has 6 heteroatoms. The Morgan fingerprint density at radius 1 is 1.19 bits per heavy atom. The predicted octanol–water partition coefficient (Wildman–Crippen LogP) is 3.36. The van der Waals surface area contributed by atoms with Crippen molar-refractivity contribution < 1.29 is 9.53 Å². The van der Waals surface area contributed by atoms with Crippen molar-refractivity contribution in [2.24, 2.45) is 16.8 Å². The first-order chi connectivity index (χ1) is 12.7. The van der Waals surface area contributed by atoms with Crippen LogP contribution >= 0.6 is 0 Å². The van der Waals surface area contributed by atoms with Gasteiger partial charge in [0.15, 0.2) is 0 Å². The first-order valence-corrected chi connectivity index (χ1v) is 9.48. The molecule has 0 aromatic heterocycles. The highest BCUT2D eigenvalue weighted by molar-refractivity contribution is 6.05. The molecule has 1 amide bonds. The zero-order valence-corrected chi connectivity index (χ0v) is 15.8. The quantitative estimate of drug-likeness (QED) is 0.629. The molecule has 1 aliphatic heterocycles. The standard InChI is InChI=1S/C20H30N4O2/c1-3-5-10-13-22-20(25)17-15-18(26-14-6-4-2)24(23-19(17)21)16-11-8-7-9-12-16/h7-9,11-12,15,17H,3-6,10,13-14H2,1-2H3,(H2,21,23)(H,22,25). The molecular weight excluding hydrogens is 328 g/mol. The fourth-order valence-corrected chi connectivity index (χ4v) is 2.62. The zero-order chi connectivity index (χ0) is 18.8. The fourth-order valence-electron chi connectivity index (χ4n) is 2.62. The second-order valence-corrected chi connectivity index (χ2v) is 6.35. The van der Waals surface area contributed by atoms with Crippen LogP contribution in [0.25, 0.3) is 0 Å². The number of nitrogens with one attached hydrogen (secondary N) is 1. The summed E-state index contributed by atoms with van der Waals surface area (Å²) in [5.74, 6) is 0.0807. The molecule has 0 saturated heterocycles. The number of carbonyl (C=O) groups is 1. The monoisotopic (exact) mass is 358 g/mol. The number of benzene rings is 1. The Kier molecular flexibility index (Phi) is 7.99. The molecule has 6 nitrogen and oxygen atoms in total. The van der Waals surface area contributed by atoms with Crippen molar-refractivity contribution in [3.05, 3.63) is 42.3 Å². The van der Waals surface area contributed by atoms with Crippen LogP contribution in [0.3, 0.4) is 0 Å². The smallest absolute Gasteiger partial charge is 0.234 e. The van der Waals surface area contributed by atoms with Gasteiger partial charge in [-0.25, -0.2) is 0 Å². The van der Waals surface area contributed by atoms with Crippen LogP contribution in [0.15, 0.2) is 47.4 Å². The number of hydrogen-bond donors (Lipinski definition) is 2. The van der Waals surface area contributed by atoms with Gasteiger partial charge in [0.05, 0.1) is 12.3 Å². The highest BCUT2D eigenvalue weighted by atomic mass is 16.5. The summed E-state index contributed by atoms with van der Waals surface area (Å²) in [6.45, 7) is 5.47. The summed E-state index contributed by atoms with van der Waals surface area (Å²) in [7, 11) is 0. The van der Waals surface area contributed by atoms with E-state index in [1.807, 2.05) is 30.3 Å². The van der Waals surface area contributed by atoms with Gasteiger partial charge in [-0.1, -0.05) is 51.3 Å². The molecule has 1 aromatic carbocycles. The SMILES string of the molecule is CCCCCNC(=O)C1C=C(OCCCC)N(c2ccccc2)N=C1N. The number of amides is 1. The van der Waals surface area contributed by atoms with Crippen molar-refractivity contribution in [3.63, 3.8) is 0 Å². The second kappa shape index (κ2) is 10.5. The van der Waals surface area contributed by atoms with E-state index in [0.717, 1.165) is 37.8 Å². The van der Waals surface area contributed by atoms with E-state index in [1.54, 1.807) is 11.1 Å². The lowest BCUT2D eigenvalue weighted by Crippen LogP contribution is -2.42. The van der Waals surface area contributed by atoms with Gasteiger partial charge in [-0.3, -0.25) is 4.79 Å². The number of amidine groups is 1. The van der Waals surface area contributed by atoms with Gasteiger partial charge < -0.3 is 15.8 Å². The normalized spacial score (nSPS) is 16.7. The lowest BCUT2D eigenvalue weighted by Gasteiger charge is -2.28. The molecule has 0 radical (unpaired) electrons. The molecule has 1 aliphatic rings. The molecule has 1 unspecified atom stereocenters. The summed E-state index contributed by atoms with van der Waals surface area (Å²) in [4.78, 5) is 12.5. The molecule has 0 saturated carbocycles. The molecule has 2 rings (SSSR count). The molecule has 1 aromatic rings. The zero-order valence-electron chi connectivity index (χ0n) is 15.8. The Morgan fingerprint density at radius 3 is 2.62 bits per heavy atom. The maximum Gasteiger partial charge on any atom is 0.234 e. The third-order valence-corrected chi connectivity index (χ3v) is 4.16. The Labute approximate surface area is 156 Å². The van der Waals surface area contributed by atoms with E-state index in [4.69, 9.17) is 10.5 Å². The first kappa shape index (κ1) is 19.8. The Balaban J connectivity index is 2.13. The number of unbranched alkanes of at least 4 members (excludes halogenated alkanes) is 3. The third-order valence-electron chi connectivity index (χ3n) is 4.16. The van der Waals surface area contributed by atoms with Crippen LogP contribution in [0.5, 0.6) is 0 Å². The molecule has 0 spiro atoms. The van der Waals surface area contributed by atoms with Gasteiger partial charge in [0.1, 0.15) is 11.8 Å². The average molecular weight is 358 g/mol. The number of hydrogen-bond acceptors (Lipinski definition) is 5. The van der Waals surface area contributed by atoms with Gasteiger partial charge in [-0.15, -0.1) is 0 Å². The summed E-state index contributed by atoms with van der Waals surface area (Å²) >= 11 is 0. The van der Waals surface area contributed by atoms with Gasteiger partial charge in [-0.05, 0) is 31.1 Å². The molecular formula is C20H30N4O2. The van der Waals surface area contributed by atoms with Crippen LogP contribution in [0.4, 0.5) is 5.69 Å². The van der Waals surface area contributed by atoms with Crippen molar-refractivity contribution in [2.45, 2.75) is 46.0 Å². The number of para-hydroxylation sites is 1. The Morgan fingerprint density at radius 2 is 1.92 bits per heavy atom. The highest BCUT2D eigenvalue weighted by Gasteiger charge is 2.29. The minimum Gasteiger partial charge on any atom is -0.478 e. The van der Waals surface area contributed by atoms with E-state index in [0.29, 0.717) is 19.0 Å². The van der Waals surface area contributed by atoms with Crippen LogP contribution in [-0.4, -0.2) is 24.9 Å². The number of ether oxygens (including phenoxy) is 1. The van der Waals surface area contributed by atoms with Gasteiger partial charge in [0, 0.05) is 6.54 Å². The van der Waals surface area contributed by atoms with Crippen molar-refractivity contribution in [1.29, 1.82) is 0 Å². The third kappa shape index (κ3) is 5.51. The van der Waals surface area contributed by atoms with Crippen molar-refractivity contribution in [1.82, 2.24) is 5.32 Å². The minimum absolute atomic E-state index is 0.133. The number of anilines is 1. The van der Waals surface area contributed by atoms with Crippen LogP contribution in [0.2, 0.25) is 0 Å². The molecule has 3 N–H and O–H groups in total. The van der Waals surface area contributed by atoms with Crippen molar-refractivity contribution in [3.8, 4) is 0 Å². The van der Waals surface area contributed by atoms with Gasteiger partial charge in [0.2, 0.25) is 11.8 Å². The van der Waals surface area contributed by atoms with Gasteiger partial charge >= 0.3 is 0 Å². The van der Waals surface area contributed by atoms with Gasteiger partial charge in [0.25, 0.3) is 0 Å². The largest absolute Gasteiger partial charge is 0.478 e. The second-order valence-electron chi connectivity index (χ2n) is 6.35. The maximum absolute atomic E-state index is 12.5. The Bertz CT molecular complexity index is 628. The lowest BCUT2D eigenvalue weighted by molar-refractivity contribution is -0.122. The molecule has 0 aliphatic carbocycles. The number of nitrogens with zero attached hydrogens (tertiary/aromatic N) is 2. The minimum atomic E-state index is -0.604. The highest BCUT2D eigenvalue weighted by Crippen LogP contribution is 2.25. The molecule has 1 heterocycles. The molecule has 0 fully saturated rings. The Hall–Kier alpha value is -2.50. The van der Waals surface area contributed by atoms with Gasteiger partial charge in [-0.2, -0.15) is 10.1 Å². The van der Waals surface area contributed by atoms with E-state index in [2.05, 4.69) is 24.3 Å². The number of rotatable bonds is 10. The maximum atomic E-state index is 12.5. The number of carbonyl (C=O) groups excluding carboxylic acids is 1. The van der Waals surface area contributed by atoms with E-state index < -0.39 is 5.92 Å². The molecule has 26 heavy (non-hydrogen) atoms. The van der Waals surface area contributed by atoms with Crippen LogP contribution in [-0.2, 0) is 9.53 Å². The van der Waals surface area contributed by atoms with E-state index in [1.165, 1.54) is 0 Å². The predicted molar refractivity (Wildman–Crippen MR) is 106 cm³/mol.